The second-order valence-corrected chi connectivity index (χ2v) is 5.47. The molecule has 1 rings (SSSR count). The molecule has 1 aliphatic rings. The Morgan fingerprint density at radius 3 is 2.40 bits per heavy atom. The van der Waals surface area contributed by atoms with E-state index in [2.05, 4.69) is 33.0 Å². The average Bonchev–Trinajstić information content (AvgIpc) is 2.07. The topological polar surface area (TPSA) is 41.5 Å². The Bertz CT molecular complexity index is 179. The van der Waals surface area contributed by atoms with Gasteiger partial charge in [-0.25, -0.2) is 0 Å². The number of rotatable bonds is 5. The molecule has 1 saturated carbocycles. The highest BCUT2D eigenvalue weighted by Gasteiger charge is 2.33. The molecule has 1 atom stereocenters. The number of ether oxygens (including phenoxy) is 1. The molecule has 0 aromatic heterocycles. The molecule has 0 heterocycles. The van der Waals surface area contributed by atoms with Crippen LogP contribution in [-0.4, -0.2) is 35.5 Å². The molecule has 0 aromatic rings. The molecule has 0 aliphatic heterocycles. The maximum Gasteiger partial charge on any atom is 0.0612 e. The maximum absolute atomic E-state index is 9.05. The summed E-state index contributed by atoms with van der Waals surface area (Å²) in [6.07, 6.45) is 3.54. The average molecular weight is 215 g/mol. The lowest BCUT2D eigenvalue weighted by molar-refractivity contribution is -0.104. The van der Waals surface area contributed by atoms with Crippen molar-refractivity contribution < 1.29 is 9.84 Å². The van der Waals surface area contributed by atoms with Crippen LogP contribution >= 0.6 is 0 Å². The van der Waals surface area contributed by atoms with Crippen molar-refractivity contribution in [2.45, 2.75) is 70.7 Å². The zero-order valence-electron chi connectivity index (χ0n) is 10.4. The highest BCUT2D eigenvalue weighted by atomic mass is 16.5. The summed E-state index contributed by atoms with van der Waals surface area (Å²) >= 11 is 0. The van der Waals surface area contributed by atoms with E-state index in [1.807, 2.05) is 0 Å². The van der Waals surface area contributed by atoms with Crippen LogP contribution in [0.2, 0.25) is 0 Å². The fourth-order valence-electron chi connectivity index (χ4n) is 1.93. The fraction of sp³-hybridized carbons (Fsp3) is 1.00. The van der Waals surface area contributed by atoms with Gasteiger partial charge in [0, 0.05) is 12.1 Å². The molecule has 0 bridgehead atoms. The lowest BCUT2D eigenvalue weighted by atomic mass is 9.88. The van der Waals surface area contributed by atoms with Crippen LogP contribution in [0.15, 0.2) is 0 Å². The summed E-state index contributed by atoms with van der Waals surface area (Å²) in [4.78, 5) is 0. The van der Waals surface area contributed by atoms with Gasteiger partial charge in [-0.15, -0.1) is 0 Å². The molecular formula is C12H25NO2. The molecular weight excluding hydrogens is 190 g/mol. The van der Waals surface area contributed by atoms with Crippen molar-refractivity contribution in [3.63, 3.8) is 0 Å². The van der Waals surface area contributed by atoms with Gasteiger partial charge in [0.05, 0.1) is 18.3 Å². The van der Waals surface area contributed by atoms with Crippen LogP contribution in [0.25, 0.3) is 0 Å². The third-order valence-corrected chi connectivity index (χ3v) is 2.80. The van der Waals surface area contributed by atoms with Gasteiger partial charge in [-0.2, -0.15) is 0 Å². The van der Waals surface area contributed by atoms with E-state index in [1.54, 1.807) is 0 Å². The summed E-state index contributed by atoms with van der Waals surface area (Å²) in [6.45, 7) is 8.61. The zero-order chi connectivity index (χ0) is 11.5. The molecule has 3 heteroatoms. The minimum Gasteiger partial charge on any atom is -0.395 e. The van der Waals surface area contributed by atoms with Crippen molar-refractivity contribution in [3.8, 4) is 0 Å². The molecule has 90 valence electrons. The number of aliphatic hydroxyl groups is 1. The van der Waals surface area contributed by atoms with Crippen molar-refractivity contribution in [2.24, 2.45) is 0 Å². The Hall–Kier alpha value is -0.120. The largest absolute Gasteiger partial charge is 0.395 e. The van der Waals surface area contributed by atoms with Crippen LogP contribution < -0.4 is 5.32 Å². The summed E-state index contributed by atoms with van der Waals surface area (Å²) in [5.74, 6) is 0. The Morgan fingerprint density at radius 1 is 1.40 bits per heavy atom. The first kappa shape index (κ1) is 12.9. The van der Waals surface area contributed by atoms with E-state index in [9.17, 15) is 0 Å². The summed E-state index contributed by atoms with van der Waals surface area (Å²) in [5.41, 5.74) is -0.0310. The van der Waals surface area contributed by atoms with Gasteiger partial charge >= 0.3 is 0 Å². The molecule has 15 heavy (non-hydrogen) atoms. The van der Waals surface area contributed by atoms with Crippen molar-refractivity contribution >= 4 is 0 Å². The number of hydrogen-bond acceptors (Lipinski definition) is 3. The maximum atomic E-state index is 9.05. The van der Waals surface area contributed by atoms with Gasteiger partial charge in [-0.3, -0.25) is 0 Å². The molecule has 0 radical (unpaired) electrons. The van der Waals surface area contributed by atoms with Gasteiger partial charge in [0.1, 0.15) is 0 Å². The molecule has 0 spiro atoms. The lowest BCUT2D eigenvalue weighted by Gasteiger charge is -2.41. The quantitative estimate of drug-likeness (QED) is 0.733. The van der Waals surface area contributed by atoms with E-state index < -0.39 is 0 Å². The second-order valence-electron chi connectivity index (χ2n) is 5.47. The molecule has 2 N–H and O–H groups in total. The molecule has 0 amide bonds. The van der Waals surface area contributed by atoms with Gasteiger partial charge in [-0.1, -0.05) is 6.92 Å². The first-order chi connectivity index (χ1) is 6.94. The SMILES string of the molecule is CCC(CO)NC1CC(OC(C)(C)C)C1. The predicted octanol–water partition coefficient (Wildman–Crippen LogP) is 1.69. The molecule has 1 fully saturated rings. The van der Waals surface area contributed by atoms with Crippen molar-refractivity contribution in [1.82, 2.24) is 5.32 Å². The van der Waals surface area contributed by atoms with Crippen molar-refractivity contribution in [3.05, 3.63) is 0 Å². The van der Waals surface area contributed by atoms with Crippen LogP contribution in [0.4, 0.5) is 0 Å². The van der Waals surface area contributed by atoms with E-state index in [0.29, 0.717) is 12.1 Å². The standard InChI is InChI=1S/C12H25NO2/c1-5-9(8-14)13-10-6-11(7-10)15-12(2,3)4/h9-11,13-14H,5-8H2,1-4H3. The lowest BCUT2D eigenvalue weighted by Crippen LogP contribution is -2.51. The van der Waals surface area contributed by atoms with E-state index >= 15 is 0 Å². The highest BCUT2D eigenvalue weighted by molar-refractivity contribution is 4.89. The Morgan fingerprint density at radius 2 is 2.00 bits per heavy atom. The molecule has 0 aromatic carbocycles. The summed E-state index contributed by atoms with van der Waals surface area (Å²) in [5, 5.41) is 12.5. The monoisotopic (exact) mass is 215 g/mol. The second kappa shape index (κ2) is 5.28. The minimum atomic E-state index is -0.0310. The Labute approximate surface area is 93.2 Å². The number of hydrogen-bond donors (Lipinski definition) is 2. The normalized spacial score (nSPS) is 28.6. The Kier molecular flexibility index (Phi) is 4.56. The predicted molar refractivity (Wildman–Crippen MR) is 61.9 cm³/mol. The van der Waals surface area contributed by atoms with Gasteiger partial charge in [0.15, 0.2) is 0 Å². The van der Waals surface area contributed by atoms with Crippen LogP contribution in [-0.2, 0) is 4.74 Å². The van der Waals surface area contributed by atoms with Gasteiger partial charge < -0.3 is 15.2 Å². The summed E-state index contributed by atoms with van der Waals surface area (Å²) in [6, 6.07) is 0.792. The van der Waals surface area contributed by atoms with Gasteiger partial charge in [-0.05, 0) is 40.0 Å². The Balaban J connectivity index is 2.15. The van der Waals surface area contributed by atoms with E-state index in [4.69, 9.17) is 9.84 Å². The highest BCUT2D eigenvalue weighted by Crippen LogP contribution is 2.28. The van der Waals surface area contributed by atoms with Gasteiger partial charge in [0.2, 0.25) is 0 Å². The summed E-state index contributed by atoms with van der Waals surface area (Å²) in [7, 11) is 0. The van der Waals surface area contributed by atoms with Crippen LogP contribution in [0.1, 0.15) is 47.0 Å². The summed E-state index contributed by atoms with van der Waals surface area (Å²) < 4.78 is 5.85. The van der Waals surface area contributed by atoms with Crippen LogP contribution in [0.3, 0.4) is 0 Å². The first-order valence-electron chi connectivity index (χ1n) is 5.99. The molecule has 1 unspecified atom stereocenters. The third-order valence-electron chi connectivity index (χ3n) is 2.80. The fourth-order valence-corrected chi connectivity index (χ4v) is 1.93. The van der Waals surface area contributed by atoms with Crippen LogP contribution in [0, 0.1) is 0 Å². The van der Waals surface area contributed by atoms with E-state index in [0.717, 1.165) is 19.3 Å². The molecule has 1 aliphatic carbocycles. The van der Waals surface area contributed by atoms with E-state index in [-0.39, 0.29) is 18.2 Å². The third kappa shape index (κ3) is 4.49. The smallest absolute Gasteiger partial charge is 0.0612 e. The minimum absolute atomic E-state index is 0.0310. The van der Waals surface area contributed by atoms with Crippen LogP contribution in [0.5, 0.6) is 0 Å². The van der Waals surface area contributed by atoms with Gasteiger partial charge in [0.25, 0.3) is 0 Å². The van der Waals surface area contributed by atoms with Crippen molar-refractivity contribution in [2.75, 3.05) is 6.61 Å². The van der Waals surface area contributed by atoms with E-state index in [1.165, 1.54) is 0 Å². The molecule has 0 saturated heterocycles. The van der Waals surface area contributed by atoms with Crippen molar-refractivity contribution in [1.29, 1.82) is 0 Å². The number of nitrogens with one attached hydrogen (secondary N) is 1. The first-order valence-corrected chi connectivity index (χ1v) is 5.99. The zero-order valence-corrected chi connectivity index (χ0v) is 10.4. The number of aliphatic hydroxyl groups excluding tert-OH is 1. The molecule has 3 nitrogen and oxygen atoms in total.